The Morgan fingerprint density at radius 1 is 1.80 bits per heavy atom. The summed E-state index contributed by atoms with van der Waals surface area (Å²) in [6.07, 6.45) is 0.811. The molecule has 4 N–H and O–H groups in total. The van der Waals surface area contributed by atoms with E-state index in [1.165, 1.54) is 0 Å². The molecule has 1 aliphatic rings. The van der Waals surface area contributed by atoms with Gasteiger partial charge in [0.25, 0.3) is 0 Å². The summed E-state index contributed by atoms with van der Waals surface area (Å²) in [6.45, 7) is 0.837. The first-order valence-electron chi connectivity index (χ1n) is 3.44. The highest BCUT2D eigenvalue weighted by Crippen LogP contribution is 2.04. The minimum Gasteiger partial charge on any atom is -0.368 e. The molecule has 1 amide bonds. The maximum atomic E-state index is 10.6. The molecule has 1 saturated heterocycles. The quantitative estimate of drug-likeness (QED) is 0.437. The third-order valence-corrected chi connectivity index (χ3v) is 1.88. The average Bonchev–Trinajstić information content (AvgIpc) is 2.34. The zero-order valence-electron chi connectivity index (χ0n) is 6.05. The summed E-state index contributed by atoms with van der Waals surface area (Å²) >= 11 is 0. The van der Waals surface area contributed by atoms with Crippen LogP contribution in [-0.2, 0) is 4.79 Å². The molecule has 0 unspecified atom stereocenters. The van der Waals surface area contributed by atoms with Crippen molar-refractivity contribution in [1.82, 2.24) is 10.6 Å². The molecule has 0 aliphatic carbocycles. The Bertz CT molecular complexity index is 137. The van der Waals surface area contributed by atoms with Gasteiger partial charge in [-0.3, -0.25) is 4.79 Å². The van der Waals surface area contributed by atoms with Crippen LogP contribution in [0.4, 0.5) is 0 Å². The Labute approximate surface area is 60.2 Å². The first kappa shape index (κ1) is 7.50. The van der Waals surface area contributed by atoms with E-state index >= 15 is 0 Å². The molecule has 1 aliphatic heterocycles. The minimum atomic E-state index is -0.252. The molecule has 2 atom stereocenters. The number of amides is 1. The summed E-state index contributed by atoms with van der Waals surface area (Å²) in [6, 6.07) is 0.273. The molecule has 58 valence electrons. The molecule has 4 nitrogen and oxygen atoms in total. The van der Waals surface area contributed by atoms with E-state index in [0.717, 1.165) is 13.0 Å². The lowest BCUT2D eigenvalue weighted by atomic mass is 10.2. The number of nitrogens with one attached hydrogen (secondary N) is 2. The maximum absolute atomic E-state index is 10.6. The van der Waals surface area contributed by atoms with Crippen molar-refractivity contribution in [3.63, 3.8) is 0 Å². The maximum Gasteiger partial charge on any atom is 0.234 e. The average molecular weight is 143 g/mol. The summed E-state index contributed by atoms with van der Waals surface area (Å²) in [5.41, 5.74) is 5.09. The largest absolute Gasteiger partial charge is 0.368 e. The van der Waals surface area contributed by atoms with Crippen molar-refractivity contribution in [2.75, 3.05) is 13.6 Å². The number of carbonyl (C=O) groups is 1. The fourth-order valence-corrected chi connectivity index (χ4v) is 1.17. The van der Waals surface area contributed by atoms with Crippen molar-refractivity contribution >= 4 is 5.91 Å². The van der Waals surface area contributed by atoms with E-state index < -0.39 is 0 Å². The third-order valence-electron chi connectivity index (χ3n) is 1.88. The molecule has 0 spiro atoms. The highest BCUT2D eigenvalue weighted by atomic mass is 16.1. The highest BCUT2D eigenvalue weighted by molar-refractivity contribution is 5.80. The van der Waals surface area contributed by atoms with Crippen molar-refractivity contribution in [3.05, 3.63) is 0 Å². The Hall–Kier alpha value is -0.610. The smallest absolute Gasteiger partial charge is 0.234 e. The summed E-state index contributed by atoms with van der Waals surface area (Å²) in [7, 11) is 1.88. The second-order valence-electron chi connectivity index (χ2n) is 2.58. The van der Waals surface area contributed by atoms with Gasteiger partial charge in [-0.1, -0.05) is 0 Å². The van der Waals surface area contributed by atoms with Gasteiger partial charge in [-0.25, -0.2) is 0 Å². The fraction of sp³-hybridized carbons (Fsp3) is 0.833. The van der Waals surface area contributed by atoms with Gasteiger partial charge in [0, 0.05) is 12.6 Å². The molecule has 1 heterocycles. The van der Waals surface area contributed by atoms with Crippen LogP contribution < -0.4 is 16.4 Å². The van der Waals surface area contributed by atoms with Crippen molar-refractivity contribution in [3.8, 4) is 0 Å². The van der Waals surface area contributed by atoms with Gasteiger partial charge in [0.05, 0.1) is 6.04 Å². The Kier molecular flexibility index (Phi) is 2.24. The number of rotatable bonds is 2. The Morgan fingerprint density at radius 2 is 2.50 bits per heavy atom. The van der Waals surface area contributed by atoms with E-state index in [1.54, 1.807) is 0 Å². The molecule has 0 bridgehead atoms. The summed E-state index contributed by atoms with van der Waals surface area (Å²) in [5, 5.41) is 6.10. The van der Waals surface area contributed by atoms with Crippen LogP contribution in [0.25, 0.3) is 0 Å². The van der Waals surface area contributed by atoms with Gasteiger partial charge in [-0.15, -0.1) is 0 Å². The second kappa shape index (κ2) is 2.98. The SMILES string of the molecule is CN[C@@H]1CN[C@H](C(N)=O)C1. The second-order valence-corrected chi connectivity index (χ2v) is 2.58. The molecule has 0 saturated carbocycles. The topological polar surface area (TPSA) is 67.2 Å². The molecule has 10 heavy (non-hydrogen) atoms. The number of primary amides is 1. The number of likely N-dealkylation sites (N-methyl/N-ethyl adjacent to an activating group) is 1. The minimum absolute atomic E-state index is 0.127. The van der Waals surface area contributed by atoms with Crippen LogP contribution in [0.5, 0.6) is 0 Å². The van der Waals surface area contributed by atoms with Gasteiger partial charge in [0.15, 0.2) is 0 Å². The molecule has 1 rings (SSSR count). The lowest BCUT2D eigenvalue weighted by Gasteiger charge is -2.04. The van der Waals surface area contributed by atoms with Crippen molar-refractivity contribution in [1.29, 1.82) is 0 Å². The van der Waals surface area contributed by atoms with Crippen LogP contribution >= 0.6 is 0 Å². The molecule has 4 heteroatoms. The van der Waals surface area contributed by atoms with Crippen LogP contribution in [0.2, 0.25) is 0 Å². The predicted molar refractivity (Wildman–Crippen MR) is 38.4 cm³/mol. The van der Waals surface area contributed by atoms with E-state index in [-0.39, 0.29) is 11.9 Å². The zero-order chi connectivity index (χ0) is 7.56. The Morgan fingerprint density at radius 3 is 2.80 bits per heavy atom. The van der Waals surface area contributed by atoms with Crippen LogP contribution in [0.1, 0.15) is 6.42 Å². The molecular weight excluding hydrogens is 130 g/mol. The zero-order valence-corrected chi connectivity index (χ0v) is 6.05. The molecule has 0 radical (unpaired) electrons. The van der Waals surface area contributed by atoms with Crippen LogP contribution in [0.15, 0.2) is 0 Å². The van der Waals surface area contributed by atoms with Gasteiger partial charge < -0.3 is 16.4 Å². The van der Waals surface area contributed by atoms with Crippen LogP contribution in [-0.4, -0.2) is 31.6 Å². The summed E-state index contributed by atoms with van der Waals surface area (Å²) in [4.78, 5) is 10.6. The van der Waals surface area contributed by atoms with Gasteiger partial charge >= 0.3 is 0 Å². The predicted octanol–water partition coefficient (Wildman–Crippen LogP) is -1.58. The molecule has 0 aromatic carbocycles. The third kappa shape index (κ3) is 1.46. The number of hydrogen-bond acceptors (Lipinski definition) is 3. The molecule has 0 aromatic heterocycles. The lowest BCUT2D eigenvalue weighted by Crippen LogP contribution is -2.36. The normalized spacial score (nSPS) is 32.5. The number of carbonyl (C=O) groups excluding carboxylic acids is 1. The number of nitrogens with two attached hydrogens (primary N) is 1. The van der Waals surface area contributed by atoms with E-state index in [2.05, 4.69) is 10.6 Å². The molecule has 1 fully saturated rings. The summed E-state index contributed by atoms with van der Waals surface area (Å²) < 4.78 is 0. The Balaban J connectivity index is 2.35. The van der Waals surface area contributed by atoms with Crippen molar-refractivity contribution < 1.29 is 4.79 Å². The molecular formula is C6H13N3O. The standard InChI is InChI=1S/C6H13N3O/c1-8-4-2-5(6(7)10)9-3-4/h4-5,8-9H,2-3H2,1H3,(H2,7,10)/t4-,5-/m0/s1. The van der Waals surface area contributed by atoms with E-state index in [0.29, 0.717) is 6.04 Å². The first-order chi connectivity index (χ1) is 4.74. The van der Waals surface area contributed by atoms with Gasteiger partial charge in [-0.2, -0.15) is 0 Å². The number of hydrogen-bond donors (Lipinski definition) is 3. The molecule has 0 aromatic rings. The fourth-order valence-electron chi connectivity index (χ4n) is 1.17. The van der Waals surface area contributed by atoms with Crippen molar-refractivity contribution in [2.45, 2.75) is 18.5 Å². The summed E-state index contributed by atoms with van der Waals surface area (Å²) in [5.74, 6) is -0.252. The lowest BCUT2D eigenvalue weighted by molar-refractivity contribution is -0.119. The van der Waals surface area contributed by atoms with Gasteiger partial charge in [0.2, 0.25) is 5.91 Å². The monoisotopic (exact) mass is 143 g/mol. The van der Waals surface area contributed by atoms with E-state index in [1.807, 2.05) is 7.05 Å². The van der Waals surface area contributed by atoms with Crippen LogP contribution in [0, 0.1) is 0 Å². The van der Waals surface area contributed by atoms with E-state index in [4.69, 9.17) is 5.73 Å². The van der Waals surface area contributed by atoms with Crippen LogP contribution in [0.3, 0.4) is 0 Å². The van der Waals surface area contributed by atoms with Gasteiger partial charge in [-0.05, 0) is 13.5 Å². The van der Waals surface area contributed by atoms with Gasteiger partial charge in [0.1, 0.15) is 0 Å². The van der Waals surface area contributed by atoms with Crippen molar-refractivity contribution in [2.24, 2.45) is 5.73 Å². The first-order valence-corrected chi connectivity index (χ1v) is 3.44. The van der Waals surface area contributed by atoms with E-state index in [9.17, 15) is 4.79 Å². The highest BCUT2D eigenvalue weighted by Gasteiger charge is 2.26.